The Morgan fingerprint density at radius 2 is 1.78 bits per heavy atom. The SMILES string of the molecule is COC(=O)CC(NC(=O)c1cccc(Oc2ccccc2)c1)c1cccs1. The molecule has 1 atom stereocenters. The molecular formula is C21H19NO4S. The van der Waals surface area contributed by atoms with Crippen LogP contribution in [-0.4, -0.2) is 19.0 Å². The van der Waals surface area contributed by atoms with Gasteiger partial charge in [-0.05, 0) is 41.8 Å². The summed E-state index contributed by atoms with van der Waals surface area (Å²) < 4.78 is 10.5. The lowest BCUT2D eigenvalue weighted by atomic mass is 10.1. The molecule has 27 heavy (non-hydrogen) atoms. The number of thiophene rings is 1. The van der Waals surface area contributed by atoms with Crippen molar-refractivity contribution in [1.29, 1.82) is 0 Å². The molecule has 0 saturated heterocycles. The number of para-hydroxylation sites is 1. The second kappa shape index (κ2) is 9.00. The van der Waals surface area contributed by atoms with Crippen LogP contribution in [0.1, 0.15) is 27.7 Å². The summed E-state index contributed by atoms with van der Waals surface area (Å²) in [7, 11) is 1.33. The van der Waals surface area contributed by atoms with Crippen molar-refractivity contribution in [2.75, 3.05) is 7.11 Å². The Bertz CT molecular complexity index is 894. The predicted molar refractivity (Wildman–Crippen MR) is 104 cm³/mol. The average Bonchev–Trinajstić information content (AvgIpc) is 3.23. The van der Waals surface area contributed by atoms with Gasteiger partial charge in [0.2, 0.25) is 0 Å². The smallest absolute Gasteiger partial charge is 0.307 e. The van der Waals surface area contributed by atoms with Crippen molar-refractivity contribution in [2.24, 2.45) is 0 Å². The van der Waals surface area contributed by atoms with Gasteiger partial charge in [-0.3, -0.25) is 9.59 Å². The normalized spacial score (nSPS) is 11.4. The molecule has 5 nitrogen and oxygen atoms in total. The number of carbonyl (C=O) groups is 2. The molecule has 1 unspecified atom stereocenters. The summed E-state index contributed by atoms with van der Waals surface area (Å²) in [6.45, 7) is 0. The zero-order chi connectivity index (χ0) is 19.1. The lowest BCUT2D eigenvalue weighted by Crippen LogP contribution is -2.30. The number of benzene rings is 2. The first-order valence-corrected chi connectivity index (χ1v) is 9.27. The molecule has 0 spiro atoms. The van der Waals surface area contributed by atoms with Gasteiger partial charge < -0.3 is 14.8 Å². The fourth-order valence-electron chi connectivity index (χ4n) is 2.53. The van der Waals surface area contributed by atoms with Crippen molar-refractivity contribution in [3.8, 4) is 11.5 Å². The van der Waals surface area contributed by atoms with E-state index >= 15 is 0 Å². The third kappa shape index (κ3) is 5.18. The van der Waals surface area contributed by atoms with Gasteiger partial charge in [-0.25, -0.2) is 0 Å². The maximum atomic E-state index is 12.7. The summed E-state index contributed by atoms with van der Waals surface area (Å²) in [6, 6.07) is 19.6. The van der Waals surface area contributed by atoms with Gasteiger partial charge in [0.05, 0.1) is 19.6 Å². The van der Waals surface area contributed by atoms with Crippen LogP contribution in [0.2, 0.25) is 0 Å². The van der Waals surface area contributed by atoms with Crippen LogP contribution in [0.15, 0.2) is 72.1 Å². The van der Waals surface area contributed by atoms with Crippen LogP contribution >= 0.6 is 11.3 Å². The number of carbonyl (C=O) groups excluding carboxylic acids is 2. The molecule has 0 fully saturated rings. The molecule has 0 aliphatic carbocycles. The van der Waals surface area contributed by atoms with Gasteiger partial charge in [0.15, 0.2) is 0 Å². The molecule has 2 aromatic carbocycles. The van der Waals surface area contributed by atoms with Gasteiger partial charge in [0, 0.05) is 10.4 Å². The minimum absolute atomic E-state index is 0.0724. The zero-order valence-corrected chi connectivity index (χ0v) is 15.6. The van der Waals surface area contributed by atoms with Gasteiger partial charge >= 0.3 is 5.97 Å². The average molecular weight is 381 g/mol. The largest absolute Gasteiger partial charge is 0.469 e. The van der Waals surface area contributed by atoms with Crippen LogP contribution in [0.4, 0.5) is 0 Å². The Kier molecular flexibility index (Phi) is 6.22. The van der Waals surface area contributed by atoms with Crippen molar-refractivity contribution in [1.82, 2.24) is 5.32 Å². The molecule has 3 rings (SSSR count). The highest BCUT2D eigenvalue weighted by Gasteiger charge is 2.20. The first-order chi connectivity index (χ1) is 13.2. The van der Waals surface area contributed by atoms with E-state index in [1.54, 1.807) is 24.3 Å². The second-order valence-electron chi connectivity index (χ2n) is 5.76. The summed E-state index contributed by atoms with van der Waals surface area (Å²) in [4.78, 5) is 25.3. The van der Waals surface area contributed by atoms with E-state index in [-0.39, 0.29) is 18.3 Å². The van der Waals surface area contributed by atoms with Crippen LogP contribution in [0, 0.1) is 0 Å². The van der Waals surface area contributed by atoms with Crippen molar-refractivity contribution < 1.29 is 19.1 Å². The van der Waals surface area contributed by atoms with E-state index in [4.69, 9.17) is 9.47 Å². The maximum Gasteiger partial charge on any atom is 0.307 e. The number of nitrogens with one attached hydrogen (secondary N) is 1. The third-order valence-corrected chi connectivity index (χ3v) is 4.85. The Hall–Kier alpha value is -3.12. The number of methoxy groups -OCH3 is 1. The van der Waals surface area contributed by atoms with E-state index < -0.39 is 6.04 Å². The highest BCUT2D eigenvalue weighted by molar-refractivity contribution is 7.10. The quantitative estimate of drug-likeness (QED) is 0.609. The number of amides is 1. The number of hydrogen-bond acceptors (Lipinski definition) is 5. The van der Waals surface area contributed by atoms with Crippen LogP contribution in [0.3, 0.4) is 0 Å². The Morgan fingerprint density at radius 3 is 2.48 bits per heavy atom. The molecule has 138 valence electrons. The maximum absolute atomic E-state index is 12.7. The minimum atomic E-state index is -0.441. The molecular weight excluding hydrogens is 362 g/mol. The minimum Gasteiger partial charge on any atom is -0.469 e. The topological polar surface area (TPSA) is 64.6 Å². The summed E-state index contributed by atoms with van der Waals surface area (Å²) in [6.07, 6.45) is 0.0724. The van der Waals surface area contributed by atoms with E-state index in [1.807, 2.05) is 47.8 Å². The highest BCUT2D eigenvalue weighted by Crippen LogP contribution is 2.25. The van der Waals surface area contributed by atoms with E-state index in [0.29, 0.717) is 17.1 Å². The molecule has 1 N–H and O–H groups in total. The van der Waals surface area contributed by atoms with Gasteiger partial charge in [-0.1, -0.05) is 30.3 Å². The van der Waals surface area contributed by atoms with Gasteiger partial charge in [0.1, 0.15) is 11.5 Å². The van der Waals surface area contributed by atoms with Crippen LogP contribution in [0.5, 0.6) is 11.5 Å². The van der Waals surface area contributed by atoms with Crippen LogP contribution < -0.4 is 10.1 Å². The molecule has 0 bridgehead atoms. The third-order valence-electron chi connectivity index (χ3n) is 3.87. The second-order valence-corrected chi connectivity index (χ2v) is 6.74. The fourth-order valence-corrected chi connectivity index (χ4v) is 3.31. The fraction of sp³-hybridized carbons (Fsp3) is 0.143. The van der Waals surface area contributed by atoms with Gasteiger partial charge in [-0.2, -0.15) is 0 Å². The molecule has 3 aromatic rings. The molecule has 1 amide bonds. The summed E-state index contributed by atoms with van der Waals surface area (Å²) >= 11 is 1.48. The predicted octanol–water partition coefficient (Wildman–Crippen LogP) is 4.57. The Labute approximate surface area is 161 Å². The summed E-state index contributed by atoms with van der Waals surface area (Å²) in [5.41, 5.74) is 0.454. The lowest BCUT2D eigenvalue weighted by molar-refractivity contribution is -0.141. The number of ether oxygens (including phenoxy) is 2. The van der Waals surface area contributed by atoms with Gasteiger partial charge in [0.25, 0.3) is 5.91 Å². The van der Waals surface area contributed by atoms with Crippen LogP contribution in [0.25, 0.3) is 0 Å². The summed E-state index contributed by atoms with van der Waals surface area (Å²) in [5.74, 6) is 0.595. The first kappa shape index (κ1) is 18.7. The summed E-state index contributed by atoms with van der Waals surface area (Å²) in [5, 5.41) is 4.81. The molecule has 6 heteroatoms. The van der Waals surface area contributed by atoms with E-state index in [0.717, 1.165) is 4.88 Å². The van der Waals surface area contributed by atoms with Crippen molar-refractivity contribution in [2.45, 2.75) is 12.5 Å². The van der Waals surface area contributed by atoms with Crippen LogP contribution in [-0.2, 0) is 9.53 Å². The van der Waals surface area contributed by atoms with Gasteiger partial charge in [-0.15, -0.1) is 11.3 Å². The number of rotatable bonds is 7. The molecule has 1 heterocycles. The Morgan fingerprint density at radius 1 is 1.00 bits per heavy atom. The van der Waals surface area contributed by atoms with E-state index in [2.05, 4.69) is 5.32 Å². The molecule has 1 aromatic heterocycles. The molecule has 0 aliphatic rings. The first-order valence-electron chi connectivity index (χ1n) is 8.40. The number of hydrogen-bond donors (Lipinski definition) is 1. The van der Waals surface area contributed by atoms with Crippen molar-refractivity contribution in [3.05, 3.63) is 82.6 Å². The zero-order valence-electron chi connectivity index (χ0n) is 14.8. The number of esters is 1. The molecule has 0 saturated carbocycles. The molecule has 0 aliphatic heterocycles. The van der Waals surface area contributed by atoms with Crippen molar-refractivity contribution in [3.63, 3.8) is 0 Å². The monoisotopic (exact) mass is 381 g/mol. The standard InChI is InChI=1S/C21H19NO4S/c1-25-20(23)14-18(19-11-6-12-27-19)22-21(24)15-7-5-10-17(13-15)26-16-8-3-2-4-9-16/h2-13,18H,14H2,1H3,(H,22,24). The Balaban J connectivity index is 1.74. The van der Waals surface area contributed by atoms with E-state index in [1.165, 1.54) is 18.4 Å². The molecule has 0 radical (unpaired) electrons. The van der Waals surface area contributed by atoms with E-state index in [9.17, 15) is 9.59 Å². The van der Waals surface area contributed by atoms with Crippen molar-refractivity contribution >= 4 is 23.2 Å². The lowest BCUT2D eigenvalue weighted by Gasteiger charge is -2.17. The highest BCUT2D eigenvalue weighted by atomic mass is 32.1.